The smallest absolute Gasteiger partial charge is 0.178 e. The van der Waals surface area contributed by atoms with Crippen LogP contribution >= 0.6 is 0 Å². The van der Waals surface area contributed by atoms with Gasteiger partial charge < -0.3 is 10.4 Å². The van der Waals surface area contributed by atoms with E-state index in [9.17, 15) is 0 Å². The highest BCUT2D eigenvalue weighted by atomic mass is 16.3. The Labute approximate surface area is 66.9 Å². The Balaban J connectivity index is 3.98. The molecule has 1 atom stereocenters. The fourth-order valence-corrected chi connectivity index (χ4v) is 0.570. The molecule has 0 saturated heterocycles. The Kier molecular flexibility index (Phi) is 5.15. The van der Waals surface area contributed by atoms with Gasteiger partial charge >= 0.3 is 0 Å². The Morgan fingerprint density at radius 3 is 2.73 bits per heavy atom. The molecule has 11 heavy (non-hydrogen) atoms. The maximum atomic E-state index is 8.72. The van der Waals surface area contributed by atoms with E-state index < -0.39 is 6.35 Å². The predicted octanol–water partition coefficient (Wildman–Crippen LogP) is 0.457. The van der Waals surface area contributed by atoms with Crippen molar-refractivity contribution in [1.29, 1.82) is 0 Å². The summed E-state index contributed by atoms with van der Waals surface area (Å²) in [5.41, 5.74) is 5.85. The molecule has 62 valence electrons. The van der Waals surface area contributed by atoms with Crippen LogP contribution in [0.3, 0.4) is 0 Å². The van der Waals surface area contributed by atoms with E-state index in [0.29, 0.717) is 0 Å². The first-order valence-electron chi connectivity index (χ1n) is 3.36. The van der Waals surface area contributed by atoms with Crippen molar-refractivity contribution in [2.45, 2.75) is 13.3 Å². The first-order chi connectivity index (χ1) is 5.20. The summed E-state index contributed by atoms with van der Waals surface area (Å²) < 4.78 is 0. The lowest BCUT2D eigenvalue weighted by Gasteiger charge is -2.08. The number of nitrogens with one attached hydrogen (secondary N) is 1. The topological polar surface area (TPSA) is 58.3 Å². The quantitative estimate of drug-likeness (QED) is 0.407. The lowest BCUT2D eigenvalue weighted by Crippen LogP contribution is -2.35. The molecule has 0 aliphatic rings. The Morgan fingerprint density at radius 1 is 1.73 bits per heavy atom. The molecule has 0 aliphatic heterocycles. The molecule has 0 aromatic carbocycles. The van der Waals surface area contributed by atoms with E-state index in [1.807, 2.05) is 6.92 Å². The van der Waals surface area contributed by atoms with Crippen LogP contribution in [0.2, 0.25) is 0 Å². The van der Waals surface area contributed by atoms with Crippen LogP contribution < -0.4 is 11.1 Å². The zero-order valence-electron chi connectivity index (χ0n) is 6.62. The summed E-state index contributed by atoms with van der Waals surface area (Å²) in [6.45, 7) is 5.36. The van der Waals surface area contributed by atoms with Gasteiger partial charge in [0.25, 0.3) is 0 Å². The van der Waals surface area contributed by atoms with Crippen LogP contribution in [0.25, 0.3) is 0 Å². The van der Waals surface area contributed by atoms with Gasteiger partial charge in [0.15, 0.2) is 6.35 Å². The fourth-order valence-electron chi connectivity index (χ4n) is 0.570. The van der Waals surface area contributed by atoms with Gasteiger partial charge in [-0.25, -0.2) is 0 Å². The van der Waals surface area contributed by atoms with Gasteiger partial charge in [0, 0.05) is 5.70 Å². The van der Waals surface area contributed by atoms with Crippen LogP contribution in [0.15, 0.2) is 36.6 Å². The Morgan fingerprint density at radius 2 is 2.36 bits per heavy atom. The third kappa shape index (κ3) is 5.39. The fraction of sp³-hybridized carbons (Fsp3) is 0.250. The summed E-state index contributed by atoms with van der Waals surface area (Å²) in [5.74, 6) is 0. The second-order valence-corrected chi connectivity index (χ2v) is 1.93. The highest BCUT2D eigenvalue weighted by molar-refractivity contribution is 5.19. The van der Waals surface area contributed by atoms with Crippen LogP contribution in [-0.4, -0.2) is 11.5 Å². The van der Waals surface area contributed by atoms with Crippen LogP contribution in [0, 0.1) is 0 Å². The largest absolute Gasteiger partial charge is 0.361 e. The number of nitrogens with two attached hydrogens (primary N) is 1. The van der Waals surface area contributed by atoms with E-state index in [1.54, 1.807) is 24.3 Å². The summed E-state index contributed by atoms with van der Waals surface area (Å²) in [7, 11) is 0. The van der Waals surface area contributed by atoms with E-state index in [1.165, 1.54) is 0 Å². The zero-order valence-corrected chi connectivity index (χ0v) is 6.62. The molecule has 0 spiro atoms. The number of allylic oxidation sites excluding steroid dienone is 4. The highest BCUT2D eigenvalue weighted by Gasteiger charge is 1.92. The second-order valence-electron chi connectivity index (χ2n) is 1.93. The van der Waals surface area contributed by atoms with Gasteiger partial charge in [-0.3, -0.25) is 5.73 Å². The maximum Gasteiger partial charge on any atom is 0.178 e. The van der Waals surface area contributed by atoms with E-state index in [4.69, 9.17) is 10.8 Å². The monoisotopic (exact) mass is 154 g/mol. The molecular formula is C8H14N2O. The maximum absolute atomic E-state index is 8.72. The molecular weight excluding hydrogens is 140 g/mol. The normalized spacial score (nSPS) is 15.0. The minimum Gasteiger partial charge on any atom is -0.361 e. The molecule has 0 radical (unpaired) electrons. The van der Waals surface area contributed by atoms with Gasteiger partial charge in [0.1, 0.15) is 0 Å². The molecule has 0 fully saturated rings. The third-order valence-corrected chi connectivity index (χ3v) is 1.04. The molecule has 0 aliphatic carbocycles. The Bertz CT molecular complexity index is 171. The van der Waals surface area contributed by atoms with Crippen LogP contribution in [0.1, 0.15) is 6.92 Å². The number of hydrogen-bond donors (Lipinski definition) is 3. The van der Waals surface area contributed by atoms with E-state index in [-0.39, 0.29) is 0 Å². The Hall–Kier alpha value is -1.06. The second kappa shape index (κ2) is 5.70. The van der Waals surface area contributed by atoms with Crippen molar-refractivity contribution in [3.05, 3.63) is 36.6 Å². The van der Waals surface area contributed by atoms with E-state index in [2.05, 4.69) is 11.9 Å². The molecule has 0 bridgehead atoms. The SMILES string of the molecule is C=C/C=C\C(=C/C)NC(N)O. The van der Waals surface area contributed by atoms with Gasteiger partial charge in [-0.15, -0.1) is 0 Å². The van der Waals surface area contributed by atoms with Crippen molar-refractivity contribution < 1.29 is 5.11 Å². The van der Waals surface area contributed by atoms with Crippen molar-refractivity contribution in [3.63, 3.8) is 0 Å². The minimum absolute atomic E-state index is 0.764. The average molecular weight is 154 g/mol. The summed E-state index contributed by atoms with van der Waals surface area (Å²) in [4.78, 5) is 0. The number of aliphatic hydroxyl groups is 1. The lowest BCUT2D eigenvalue weighted by atomic mass is 10.3. The van der Waals surface area contributed by atoms with Crippen LogP contribution in [0.4, 0.5) is 0 Å². The molecule has 0 rings (SSSR count). The zero-order chi connectivity index (χ0) is 8.69. The lowest BCUT2D eigenvalue weighted by molar-refractivity contribution is 0.158. The summed E-state index contributed by atoms with van der Waals surface area (Å²) in [6.07, 6.45) is 5.95. The summed E-state index contributed by atoms with van der Waals surface area (Å²) in [5, 5.41) is 11.3. The van der Waals surface area contributed by atoms with Gasteiger partial charge in [0.05, 0.1) is 0 Å². The van der Waals surface area contributed by atoms with Crippen molar-refractivity contribution in [2.75, 3.05) is 0 Å². The van der Waals surface area contributed by atoms with Gasteiger partial charge in [-0.05, 0) is 13.0 Å². The molecule has 3 heteroatoms. The molecule has 3 nitrogen and oxygen atoms in total. The van der Waals surface area contributed by atoms with Crippen LogP contribution in [-0.2, 0) is 0 Å². The molecule has 4 N–H and O–H groups in total. The summed E-state index contributed by atoms with van der Waals surface area (Å²) >= 11 is 0. The minimum atomic E-state index is -1.02. The molecule has 0 amide bonds. The third-order valence-electron chi connectivity index (χ3n) is 1.04. The molecule has 0 aromatic heterocycles. The standard InChI is InChI=1S/C8H14N2O/c1-3-5-6-7(4-2)10-8(9)11/h3-6,8,10-11H,1,9H2,2H3/b6-5-,7-4+. The van der Waals surface area contributed by atoms with Crippen LogP contribution in [0.5, 0.6) is 0 Å². The van der Waals surface area contributed by atoms with Gasteiger partial charge in [-0.2, -0.15) is 0 Å². The molecule has 1 unspecified atom stereocenters. The average Bonchev–Trinajstić information content (AvgIpc) is 1.97. The molecule has 0 aromatic rings. The van der Waals surface area contributed by atoms with E-state index >= 15 is 0 Å². The van der Waals surface area contributed by atoms with Crippen molar-refractivity contribution in [2.24, 2.45) is 5.73 Å². The van der Waals surface area contributed by atoms with E-state index in [0.717, 1.165) is 5.70 Å². The molecule has 0 heterocycles. The highest BCUT2D eigenvalue weighted by Crippen LogP contribution is 1.91. The number of rotatable bonds is 4. The predicted molar refractivity (Wildman–Crippen MR) is 46.4 cm³/mol. The van der Waals surface area contributed by atoms with Gasteiger partial charge in [-0.1, -0.05) is 24.8 Å². The molecule has 0 saturated carbocycles. The van der Waals surface area contributed by atoms with Crippen molar-refractivity contribution >= 4 is 0 Å². The van der Waals surface area contributed by atoms with Gasteiger partial charge in [0.2, 0.25) is 0 Å². The first-order valence-corrected chi connectivity index (χ1v) is 3.36. The first kappa shape index (κ1) is 9.94. The number of hydrogen-bond acceptors (Lipinski definition) is 3. The summed E-state index contributed by atoms with van der Waals surface area (Å²) in [6, 6.07) is 0. The number of aliphatic hydroxyl groups excluding tert-OH is 1. The van der Waals surface area contributed by atoms with Crippen molar-refractivity contribution in [1.82, 2.24) is 5.32 Å². The van der Waals surface area contributed by atoms with Crippen molar-refractivity contribution in [3.8, 4) is 0 Å².